The van der Waals surface area contributed by atoms with Crippen LogP contribution in [0.25, 0.3) is 0 Å². The molecule has 2 bridgehead atoms. The highest BCUT2D eigenvalue weighted by Gasteiger charge is 2.39. The fraction of sp³-hybridized carbons (Fsp3) is 0.643. The molecule has 1 aromatic rings. The molecule has 0 aromatic carbocycles. The fourth-order valence-electron chi connectivity index (χ4n) is 3.68. The Bertz CT molecular complexity index is 520. The van der Waals surface area contributed by atoms with Crippen LogP contribution in [0.5, 0.6) is 5.88 Å². The third-order valence-corrected chi connectivity index (χ3v) is 4.67. The summed E-state index contributed by atoms with van der Waals surface area (Å²) in [4.78, 5) is 14.8. The summed E-state index contributed by atoms with van der Waals surface area (Å²) in [6.45, 7) is 0.766. The summed E-state index contributed by atoms with van der Waals surface area (Å²) in [6.07, 6.45) is 5.25. The molecule has 2 aliphatic carbocycles. The molecule has 20 heavy (non-hydrogen) atoms. The Kier molecular flexibility index (Phi) is 3.46. The van der Waals surface area contributed by atoms with Crippen molar-refractivity contribution in [1.82, 2.24) is 4.98 Å². The zero-order chi connectivity index (χ0) is 14.1. The van der Waals surface area contributed by atoms with Crippen molar-refractivity contribution in [1.29, 1.82) is 0 Å². The number of nitrogens with zero attached hydrogens (tertiary/aromatic N) is 2. The van der Waals surface area contributed by atoms with Gasteiger partial charge in [0, 0.05) is 18.7 Å². The maximum absolute atomic E-state index is 11.0. The standard InChI is InChI=1S/C14H19N3O3/c1-20-13-5-4-12(17(18)19)14(16-13)15-8-11-7-9-2-3-10(11)6-9/h4-5,9-11H,2-3,6-8H2,1H3,(H,15,16). The molecule has 2 aliphatic rings. The van der Waals surface area contributed by atoms with Gasteiger partial charge in [-0.05, 0) is 37.0 Å². The van der Waals surface area contributed by atoms with Gasteiger partial charge < -0.3 is 10.1 Å². The second-order valence-corrected chi connectivity index (χ2v) is 5.79. The number of nitrogens with one attached hydrogen (secondary N) is 1. The highest BCUT2D eigenvalue weighted by atomic mass is 16.6. The molecule has 108 valence electrons. The van der Waals surface area contributed by atoms with Gasteiger partial charge in [0.1, 0.15) is 0 Å². The van der Waals surface area contributed by atoms with Crippen LogP contribution in [0.1, 0.15) is 25.7 Å². The molecule has 0 saturated heterocycles. The highest BCUT2D eigenvalue weighted by Crippen LogP contribution is 2.48. The summed E-state index contributed by atoms with van der Waals surface area (Å²) in [5, 5.41) is 14.2. The predicted octanol–water partition coefficient (Wildman–Crippen LogP) is 2.85. The smallest absolute Gasteiger partial charge is 0.311 e. The van der Waals surface area contributed by atoms with Gasteiger partial charge in [-0.2, -0.15) is 4.98 Å². The van der Waals surface area contributed by atoms with E-state index in [9.17, 15) is 10.1 Å². The van der Waals surface area contributed by atoms with Gasteiger partial charge in [-0.25, -0.2) is 0 Å². The van der Waals surface area contributed by atoms with Crippen LogP contribution in [0.3, 0.4) is 0 Å². The minimum atomic E-state index is -0.407. The average Bonchev–Trinajstić information content (AvgIpc) is 3.07. The third kappa shape index (κ3) is 2.42. The van der Waals surface area contributed by atoms with E-state index < -0.39 is 4.92 Å². The number of aromatic nitrogens is 1. The maximum Gasteiger partial charge on any atom is 0.311 e. The van der Waals surface area contributed by atoms with Gasteiger partial charge in [0.2, 0.25) is 11.7 Å². The molecule has 2 fully saturated rings. The molecule has 1 N–H and O–H groups in total. The lowest BCUT2D eigenvalue weighted by atomic mass is 9.89. The number of hydrogen-bond donors (Lipinski definition) is 1. The van der Waals surface area contributed by atoms with Gasteiger partial charge >= 0.3 is 5.69 Å². The van der Waals surface area contributed by atoms with Crippen molar-refractivity contribution in [3.05, 3.63) is 22.2 Å². The monoisotopic (exact) mass is 277 g/mol. The van der Waals surface area contributed by atoms with E-state index in [0.29, 0.717) is 17.6 Å². The molecule has 1 heterocycles. The van der Waals surface area contributed by atoms with Gasteiger partial charge in [0.05, 0.1) is 12.0 Å². The SMILES string of the molecule is COc1ccc([N+](=O)[O-])c(NCC2CC3CCC2C3)n1. The van der Waals surface area contributed by atoms with Crippen molar-refractivity contribution in [3.63, 3.8) is 0 Å². The minimum Gasteiger partial charge on any atom is -0.481 e. The molecule has 3 rings (SSSR count). The summed E-state index contributed by atoms with van der Waals surface area (Å²) in [6, 6.07) is 2.95. The molecule has 6 heteroatoms. The van der Waals surface area contributed by atoms with Crippen molar-refractivity contribution in [2.75, 3.05) is 19.0 Å². The number of fused-ring (bicyclic) bond motifs is 2. The van der Waals surface area contributed by atoms with Gasteiger partial charge in [-0.1, -0.05) is 6.42 Å². The van der Waals surface area contributed by atoms with Crippen molar-refractivity contribution in [2.45, 2.75) is 25.7 Å². The topological polar surface area (TPSA) is 77.3 Å². The van der Waals surface area contributed by atoms with Crippen LogP contribution in [0.15, 0.2) is 12.1 Å². The Morgan fingerprint density at radius 2 is 2.30 bits per heavy atom. The van der Waals surface area contributed by atoms with Crippen molar-refractivity contribution >= 4 is 11.5 Å². The molecule has 3 atom stereocenters. The summed E-state index contributed by atoms with van der Waals surface area (Å²) in [5.41, 5.74) is 0.00829. The number of hydrogen-bond acceptors (Lipinski definition) is 5. The highest BCUT2D eigenvalue weighted by molar-refractivity contribution is 5.57. The molecular weight excluding hydrogens is 258 g/mol. The quantitative estimate of drug-likeness (QED) is 0.661. The molecule has 0 aliphatic heterocycles. The number of methoxy groups -OCH3 is 1. The Hall–Kier alpha value is -1.85. The first-order valence-electron chi connectivity index (χ1n) is 7.10. The van der Waals surface area contributed by atoms with Crippen LogP contribution in [0.2, 0.25) is 0 Å². The van der Waals surface area contributed by atoms with Crippen LogP contribution in [-0.4, -0.2) is 23.6 Å². The number of ether oxygens (including phenoxy) is 1. The van der Waals surface area contributed by atoms with Crippen LogP contribution in [-0.2, 0) is 0 Å². The van der Waals surface area contributed by atoms with E-state index in [4.69, 9.17) is 4.74 Å². The number of nitro groups is 1. The van der Waals surface area contributed by atoms with Crippen molar-refractivity contribution < 1.29 is 9.66 Å². The second kappa shape index (κ2) is 5.26. The van der Waals surface area contributed by atoms with Crippen LogP contribution in [0, 0.1) is 27.9 Å². The van der Waals surface area contributed by atoms with E-state index in [1.54, 1.807) is 0 Å². The van der Waals surface area contributed by atoms with Crippen molar-refractivity contribution in [2.24, 2.45) is 17.8 Å². The number of pyridine rings is 1. The van der Waals surface area contributed by atoms with E-state index in [1.165, 1.54) is 44.9 Å². The van der Waals surface area contributed by atoms with Crippen molar-refractivity contribution in [3.8, 4) is 5.88 Å². The molecule has 0 radical (unpaired) electrons. The Balaban J connectivity index is 1.71. The third-order valence-electron chi connectivity index (χ3n) is 4.67. The molecule has 0 spiro atoms. The number of anilines is 1. The molecule has 1 aromatic heterocycles. The lowest BCUT2D eigenvalue weighted by molar-refractivity contribution is -0.384. The van der Waals surface area contributed by atoms with E-state index in [2.05, 4.69) is 10.3 Å². The first-order valence-corrected chi connectivity index (χ1v) is 7.10. The largest absolute Gasteiger partial charge is 0.481 e. The lowest BCUT2D eigenvalue weighted by Crippen LogP contribution is -2.21. The summed E-state index contributed by atoms with van der Waals surface area (Å²) < 4.78 is 5.04. The van der Waals surface area contributed by atoms with E-state index >= 15 is 0 Å². The van der Waals surface area contributed by atoms with Crippen LogP contribution < -0.4 is 10.1 Å². The van der Waals surface area contributed by atoms with Crippen LogP contribution in [0.4, 0.5) is 11.5 Å². The normalized spacial score (nSPS) is 27.6. The minimum absolute atomic E-state index is 0.00829. The zero-order valence-electron chi connectivity index (χ0n) is 11.5. The van der Waals surface area contributed by atoms with Gasteiger partial charge in [-0.15, -0.1) is 0 Å². The second-order valence-electron chi connectivity index (χ2n) is 5.79. The Labute approximate surface area is 117 Å². The Morgan fingerprint density at radius 1 is 1.45 bits per heavy atom. The van der Waals surface area contributed by atoms with E-state index in [-0.39, 0.29) is 5.69 Å². The molecule has 3 unspecified atom stereocenters. The lowest BCUT2D eigenvalue weighted by Gasteiger charge is -2.22. The molecule has 6 nitrogen and oxygen atoms in total. The first-order chi connectivity index (χ1) is 9.67. The predicted molar refractivity (Wildman–Crippen MR) is 74.9 cm³/mol. The molecule has 0 amide bonds. The van der Waals surface area contributed by atoms with E-state index in [1.807, 2.05) is 0 Å². The fourth-order valence-corrected chi connectivity index (χ4v) is 3.68. The summed E-state index contributed by atoms with van der Waals surface area (Å²) in [5.74, 6) is 3.00. The van der Waals surface area contributed by atoms with Gasteiger partial charge in [0.25, 0.3) is 0 Å². The Morgan fingerprint density at radius 3 is 2.90 bits per heavy atom. The average molecular weight is 277 g/mol. The number of rotatable bonds is 5. The van der Waals surface area contributed by atoms with Gasteiger partial charge in [-0.3, -0.25) is 10.1 Å². The summed E-state index contributed by atoms with van der Waals surface area (Å²) in [7, 11) is 1.51. The zero-order valence-corrected chi connectivity index (χ0v) is 11.5. The molecular formula is C14H19N3O3. The van der Waals surface area contributed by atoms with E-state index in [0.717, 1.165) is 18.4 Å². The maximum atomic E-state index is 11.0. The molecule has 2 saturated carbocycles. The van der Waals surface area contributed by atoms with Crippen LogP contribution >= 0.6 is 0 Å². The summed E-state index contributed by atoms with van der Waals surface area (Å²) >= 11 is 0. The van der Waals surface area contributed by atoms with Gasteiger partial charge in [0.15, 0.2) is 0 Å². The first kappa shape index (κ1) is 13.1.